The van der Waals surface area contributed by atoms with Crippen LogP contribution in [0.15, 0.2) is 23.8 Å². The van der Waals surface area contributed by atoms with E-state index in [2.05, 4.69) is 23.3 Å². The van der Waals surface area contributed by atoms with E-state index in [1.54, 1.807) is 0 Å². The minimum absolute atomic E-state index is 0.370. The molecule has 10 heavy (non-hydrogen) atoms. The van der Waals surface area contributed by atoms with Crippen molar-refractivity contribution in [3.8, 4) is 0 Å². The molecule has 3 rings (SSSR count). The first kappa shape index (κ1) is 5.10. The third kappa shape index (κ3) is 0.509. The molecule has 0 saturated carbocycles. The van der Waals surface area contributed by atoms with Gasteiger partial charge in [-0.05, 0) is 12.0 Å². The zero-order chi connectivity index (χ0) is 6.55. The van der Waals surface area contributed by atoms with Crippen LogP contribution in [0.2, 0.25) is 0 Å². The number of hydroxylamine groups is 2. The maximum atomic E-state index is 5.25. The Bertz CT molecular complexity index is 231. The minimum Gasteiger partial charge on any atom is -0.270 e. The predicted octanol–water partition coefficient (Wildman–Crippen LogP) is 1.08. The Kier molecular flexibility index (Phi) is 0.775. The lowest BCUT2D eigenvalue weighted by Crippen LogP contribution is -2.09. The molecule has 0 aromatic heterocycles. The van der Waals surface area contributed by atoms with E-state index >= 15 is 0 Å². The molecule has 2 aliphatic heterocycles. The van der Waals surface area contributed by atoms with E-state index in [0.29, 0.717) is 6.23 Å². The third-order valence-electron chi connectivity index (χ3n) is 2.45. The molecule has 0 spiro atoms. The highest BCUT2D eigenvalue weighted by Gasteiger charge is 2.50. The van der Waals surface area contributed by atoms with Crippen molar-refractivity contribution in [3.05, 3.63) is 23.8 Å². The normalized spacial score (nSPS) is 48.0. The van der Waals surface area contributed by atoms with Crippen LogP contribution in [-0.2, 0) is 4.84 Å². The Morgan fingerprint density at radius 2 is 2.60 bits per heavy atom. The molecule has 2 fully saturated rings. The number of rotatable bonds is 0. The summed E-state index contributed by atoms with van der Waals surface area (Å²) in [5, 5.41) is 2.06. The molecule has 1 aliphatic carbocycles. The van der Waals surface area contributed by atoms with Crippen LogP contribution in [0.25, 0.3) is 0 Å². The maximum absolute atomic E-state index is 5.25. The van der Waals surface area contributed by atoms with E-state index in [-0.39, 0.29) is 0 Å². The van der Waals surface area contributed by atoms with Gasteiger partial charge in [0.15, 0.2) is 6.23 Å². The van der Waals surface area contributed by atoms with Crippen LogP contribution >= 0.6 is 0 Å². The number of allylic oxidation sites excluding steroid dienone is 3. The molecule has 0 bridgehead atoms. The summed E-state index contributed by atoms with van der Waals surface area (Å²) < 4.78 is 0. The number of hydrogen-bond donors (Lipinski definition) is 0. The summed E-state index contributed by atoms with van der Waals surface area (Å²) in [5.74, 6) is 0.767. The molecule has 3 atom stereocenters. The zero-order valence-corrected chi connectivity index (χ0v) is 5.66. The third-order valence-corrected chi connectivity index (χ3v) is 2.45. The van der Waals surface area contributed by atoms with Crippen molar-refractivity contribution in [2.75, 3.05) is 6.54 Å². The van der Waals surface area contributed by atoms with Gasteiger partial charge in [-0.3, -0.25) is 4.84 Å². The average molecular weight is 135 g/mol. The topological polar surface area (TPSA) is 15.5 Å². The SMILES string of the molecule is C1=CCC2CN3OC3C2=C1. The molecule has 2 heteroatoms. The highest BCUT2D eigenvalue weighted by atomic mass is 16.8. The molecule has 0 N–H and O–H groups in total. The fraction of sp³-hybridized carbons (Fsp3) is 0.500. The molecule has 2 saturated heterocycles. The number of fused-ring (bicyclic) bond motifs is 3. The average Bonchev–Trinajstić information content (AvgIpc) is 2.64. The van der Waals surface area contributed by atoms with E-state index in [1.165, 1.54) is 12.0 Å². The zero-order valence-electron chi connectivity index (χ0n) is 5.66. The highest BCUT2D eigenvalue weighted by molar-refractivity contribution is 5.29. The molecule has 0 aromatic rings. The van der Waals surface area contributed by atoms with E-state index in [0.717, 1.165) is 12.5 Å². The summed E-state index contributed by atoms with van der Waals surface area (Å²) >= 11 is 0. The first-order chi connectivity index (χ1) is 4.95. The Morgan fingerprint density at radius 1 is 1.60 bits per heavy atom. The highest BCUT2D eigenvalue weighted by Crippen LogP contribution is 2.43. The molecular weight excluding hydrogens is 126 g/mol. The van der Waals surface area contributed by atoms with Crippen molar-refractivity contribution in [3.63, 3.8) is 0 Å². The van der Waals surface area contributed by atoms with Gasteiger partial charge in [-0.25, -0.2) is 0 Å². The van der Waals surface area contributed by atoms with Crippen LogP contribution < -0.4 is 0 Å². The summed E-state index contributed by atoms with van der Waals surface area (Å²) in [6.45, 7) is 1.11. The van der Waals surface area contributed by atoms with Crippen LogP contribution in [0.4, 0.5) is 0 Å². The second kappa shape index (κ2) is 1.52. The van der Waals surface area contributed by atoms with Gasteiger partial charge >= 0.3 is 0 Å². The fourth-order valence-electron chi connectivity index (χ4n) is 1.84. The first-order valence-corrected chi connectivity index (χ1v) is 3.75. The maximum Gasteiger partial charge on any atom is 0.176 e. The standard InChI is InChI=1S/C8H9NO/c1-2-4-7-6(3-1)5-9-8(7)10-9/h1-2,4,6,8H,3,5H2. The Hall–Kier alpha value is -0.600. The molecule has 3 aliphatic rings. The molecule has 3 unspecified atom stereocenters. The number of nitrogens with zero attached hydrogens (tertiary/aromatic N) is 1. The molecule has 2 nitrogen and oxygen atoms in total. The van der Waals surface area contributed by atoms with Crippen LogP contribution in [0.5, 0.6) is 0 Å². The van der Waals surface area contributed by atoms with Crippen molar-refractivity contribution in [1.82, 2.24) is 5.06 Å². The molecular formula is C8H9NO. The predicted molar refractivity (Wildman–Crippen MR) is 36.9 cm³/mol. The smallest absolute Gasteiger partial charge is 0.176 e. The summed E-state index contributed by atoms with van der Waals surface area (Å²) in [4.78, 5) is 5.25. The minimum atomic E-state index is 0.370. The van der Waals surface area contributed by atoms with Gasteiger partial charge < -0.3 is 0 Å². The molecule has 2 heterocycles. The summed E-state index contributed by atoms with van der Waals surface area (Å²) in [6, 6.07) is 0. The Morgan fingerprint density at radius 3 is 3.50 bits per heavy atom. The molecule has 0 radical (unpaired) electrons. The van der Waals surface area contributed by atoms with Crippen molar-refractivity contribution in [2.24, 2.45) is 5.92 Å². The lowest BCUT2D eigenvalue weighted by Gasteiger charge is -2.12. The quantitative estimate of drug-likeness (QED) is 0.462. The van der Waals surface area contributed by atoms with Gasteiger partial charge in [0.2, 0.25) is 0 Å². The van der Waals surface area contributed by atoms with Crippen molar-refractivity contribution < 1.29 is 4.84 Å². The lowest BCUT2D eigenvalue weighted by atomic mass is 9.94. The molecule has 0 aromatic carbocycles. The van der Waals surface area contributed by atoms with Crippen LogP contribution in [0, 0.1) is 5.92 Å². The van der Waals surface area contributed by atoms with Gasteiger partial charge in [0.1, 0.15) is 0 Å². The van der Waals surface area contributed by atoms with Crippen molar-refractivity contribution >= 4 is 0 Å². The van der Waals surface area contributed by atoms with Crippen LogP contribution in [0.3, 0.4) is 0 Å². The fourth-order valence-corrected chi connectivity index (χ4v) is 1.84. The summed E-state index contributed by atoms with van der Waals surface area (Å²) in [5.41, 5.74) is 1.49. The summed E-state index contributed by atoms with van der Waals surface area (Å²) in [6.07, 6.45) is 8.15. The molecule has 52 valence electrons. The van der Waals surface area contributed by atoms with E-state index in [4.69, 9.17) is 4.84 Å². The second-order valence-electron chi connectivity index (χ2n) is 3.08. The van der Waals surface area contributed by atoms with Crippen LogP contribution in [-0.4, -0.2) is 17.8 Å². The van der Waals surface area contributed by atoms with E-state index in [9.17, 15) is 0 Å². The van der Waals surface area contributed by atoms with Gasteiger partial charge in [-0.1, -0.05) is 18.2 Å². The lowest BCUT2D eigenvalue weighted by molar-refractivity contribution is 0.173. The molecule has 0 amide bonds. The van der Waals surface area contributed by atoms with E-state index < -0.39 is 0 Å². The van der Waals surface area contributed by atoms with Gasteiger partial charge in [-0.2, -0.15) is 5.06 Å². The second-order valence-corrected chi connectivity index (χ2v) is 3.08. The van der Waals surface area contributed by atoms with Crippen molar-refractivity contribution in [2.45, 2.75) is 12.6 Å². The first-order valence-electron chi connectivity index (χ1n) is 3.75. The van der Waals surface area contributed by atoms with Gasteiger partial charge in [0, 0.05) is 12.5 Å². The van der Waals surface area contributed by atoms with Gasteiger partial charge in [0.25, 0.3) is 0 Å². The number of hydrogen-bond acceptors (Lipinski definition) is 2. The monoisotopic (exact) mass is 135 g/mol. The van der Waals surface area contributed by atoms with Gasteiger partial charge in [0.05, 0.1) is 0 Å². The van der Waals surface area contributed by atoms with Crippen LogP contribution in [0.1, 0.15) is 6.42 Å². The van der Waals surface area contributed by atoms with Gasteiger partial charge in [-0.15, -0.1) is 0 Å². The summed E-state index contributed by atoms with van der Waals surface area (Å²) in [7, 11) is 0. The Labute approximate surface area is 59.7 Å². The Balaban J connectivity index is 2.00. The van der Waals surface area contributed by atoms with E-state index in [1.807, 2.05) is 0 Å². The van der Waals surface area contributed by atoms with Crippen molar-refractivity contribution in [1.29, 1.82) is 0 Å². The largest absolute Gasteiger partial charge is 0.270 e.